The molecule has 0 saturated carbocycles. The second-order valence-corrected chi connectivity index (χ2v) is 6.25. The summed E-state index contributed by atoms with van der Waals surface area (Å²) in [5.74, 6) is 1.73. The van der Waals surface area contributed by atoms with Gasteiger partial charge in [0.1, 0.15) is 5.76 Å². The molecule has 2 rings (SSSR count). The quantitative estimate of drug-likeness (QED) is 0.246. The van der Waals surface area contributed by atoms with Crippen LogP contribution in [0.2, 0.25) is 0 Å². The first-order valence-corrected chi connectivity index (χ1v) is 9.32. The predicted octanol–water partition coefficient (Wildman–Crippen LogP) is 3.53. The Morgan fingerprint density at radius 2 is 1.85 bits per heavy atom. The normalized spacial score (nSPS) is 11.0. The molecule has 1 aromatic heterocycles. The molecule has 0 spiro atoms. The van der Waals surface area contributed by atoms with Crippen LogP contribution in [0.15, 0.2) is 39.8 Å². The number of anilines is 1. The number of guanidine groups is 1. The first-order valence-electron chi connectivity index (χ1n) is 9.32. The lowest BCUT2D eigenvalue weighted by Crippen LogP contribution is -2.39. The largest absolute Gasteiger partial charge is 0.372 e. The fraction of sp³-hybridized carbons (Fsp3) is 0.500. The minimum absolute atomic E-state index is 0. The van der Waals surface area contributed by atoms with E-state index in [1.54, 1.807) is 7.05 Å². The molecule has 0 saturated heterocycles. The van der Waals surface area contributed by atoms with Gasteiger partial charge in [-0.15, -0.1) is 24.0 Å². The van der Waals surface area contributed by atoms with E-state index in [-0.39, 0.29) is 24.0 Å². The number of nitrogens with one attached hydrogen (secondary N) is 2. The Morgan fingerprint density at radius 1 is 1.15 bits per heavy atom. The van der Waals surface area contributed by atoms with Crippen molar-refractivity contribution >= 4 is 35.6 Å². The van der Waals surface area contributed by atoms with Crippen molar-refractivity contribution in [3.05, 3.63) is 47.3 Å². The van der Waals surface area contributed by atoms with Crippen LogP contribution in [0.5, 0.6) is 0 Å². The van der Waals surface area contributed by atoms with Gasteiger partial charge >= 0.3 is 0 Å². The Morgan fingerprint density at radius 3 is 2.44 bits per heavy atom. The topological polar surface area (TPSA) is 65.7 Å². The first kappa shape index (κ1) is 23.3. The molecule has 1 heterocycles. The van der Waals surface area contributed by atoms with E-state index < -0.39 is 0 Å². The summed E-state index contributed by atoms with van der Waals surface area (Å²) in [5, 5.41) is 10.7. The zero-order valence-corrected chi connectivity index (χ0v) is 19.1. The zero-order chi connectivity index (χ0) is 18.8. The molecule has 0 amide bonds. The molecule has 0 fully saturated rings. The average molecular weight is 485 g/mol. The van der Waals surface area contributed by atoms with E-state index in [2.05, 4.69) is 62.9 Å². The SMILES string of the molecule is CCN(CCCNC(=NC)NCCc1c(C)noc1C)c1ccccc1.I. The molecule has 2 N–H and O–H groups in total. The van der Waals surface area contributed by atoms with E-state index in [1.165, 1.54) is 11.3 Å². The lowest BCUT2D eigenvalue weighted by molar-refractivity contribution is 0.392. The minimum Gasteiger partial charge on any atom is -0.372 e. The number of aliphatic imine (C=N–C) groups is 1. The summed E-state index contributed by atoms with van der Waals surface area (Å²) in [6.45, 7) is 9.83. The van der Waals surface area contributed by atoms with Gasteiger partial charge in [-0.3, -0.25) is 4.99 Å². The van der Waals surface area contributed by atoms with Gasteiger partial charge in [0.2, 0.25) is 0 Å². The molecule has 0 bridgehead atoms. The van der Waals surface area contributed by atoms with Gasteiger partial charge in [-0.25, -0.2) is 0 Å². The van der Waals surface area contributed by atoms with E-state index in [0.29, 0.717) is 0 Å². The number of halogens is 1. The summed E-state index contributed by atoms with van der Waals surface area (Å²) in [6, 6.07) is 10.5. The highest BCUT2D eigenvalue weighted by molar-refractivity contribution is 14.0. The second-order valence-electron chi connectivity index (χ2n) is 6.25. The van der Waals surface area contributed by atoms with Crippen molar-refractivity contribution in [1.29, 1.82) is 0 Å². The van der Waals surface area contributed by atoms with Gasteiger partial charge in [-0.1, -0.05) is 23.4 Å². The van der Waals surface area contributed by atoms with E-state index in [4.69, 9.17) is 4.52 Å². The van der Waals surface area contributed by atoms with Crippen LogP contribution in [0.25, 0.3) is 0 Å². The molecule has 0 aliphatic heterocycles. The highest BCUT2D eigenvalue weighted by atomic mass is 127. The third kappa shape index (κ3) is 7.40. The Bertz CT molecular complexity index is 667. The fourth-order valence-electron chi connectivity index (χ4n) is 2.97. The summed E-state index contributed by atoms with van der Waals surface area (Å²) >= 11 is 0. The van der Waals surface area contributed by atoms with Crippen LogP contribution in [-0.2, 0) is 6.42 Å². The van der Waals surface area contributed by atoms with Gasteiger partial charge in [0.05, 0.1) is 5.69 Å². The fourth-order valence-corrected chi connectivity index (χ4v) is 2.97. The number of hydrogen-bond donors (Lipinski definition) is 2. The number of nitrogens with zero attached hydrogens (tertiary/aromatic N) is 3. The molecule has 0 aliphatic rings. The smallest absolute Gasteiger partial charge is 0.190 e. The summed E-state index contributed by atoms with van der Waals surface area (Å²) in [4.78, 5) is 6.67. The van der Waals surface area contributed by atoms with E-state index in [1.807, 2.05) is 13.8 Å². The molecule has 150 valence electrons. The second kappa shape index (κ2) is 12.6. The average Bonchev–Trinajstić information content (AvgIpc) is 2.99. The van der Waals surface area contributed by atoms with E-state index in [9.17, 15) is 0 Å². The van der Waals surface area contributed by atoms with Crippen molar-refractivity contribution in [3.63, 3.8) is 0 Å². The summed E-state index contributed by atoms with van der Waals surface area (Å²) in [5.41, 5.74) is 3.42. The van der Waals surface area contributed by atoms with Crippen molar-refractivity contribution in [1.82, 2.24) is 15.8 Å². The third-order valence-corrected chi connectivity index (χ3v) is 4.47. The lowest BCUT2D eigenvalue weighted by atomic mass is 10.1. The number of aromatic nitrogens is 1. The van der Waals surface area contributed by atoms with Crippen molar-refractivity contribution in [2.24, 2.45) is 4.99 Å². The molecule has 6 nitrogen and oxygen atoms in total. The number of hydrogen-bond acceptors (Lipinski definition) is 4. The highest BCUT2D eigenvalue weighted by Crippen LogP contribution is 2.13. The molecule has 1 aromatic carbocycles. The minimum atomic E-state index is 0. The number of rotatable bonds is 9. The van der Waals surface area contributed by atoms with Gasteiger partial charge in [0, 0.05) is 44.5 Å². The predicted molar refractivity (Wildman–Crippen MR) is 123 cm³/mol. The van der Waals surface area contributed by atoms with Crippen LogP contribution in [0.1, 0.15) is 30.4 Å². The van der Waals surface area contributed by atoms with Crippen LogP contribution in [0.4, 0.5) is 5.69 Å². The molecular formula is C20H32IN5O. The van der Waals surface area contributed by atoms with Gasteiger partial charge in [-0.05, 0) is 45.7 Å². The van der Waals surface area contributed by atoms with Gasteiger partial charge < -0.3 is 20.1 Å². The zero-order valence-electron chi connectivity index (χ0n) is 16.8. The maximum absolute atomic E-state index is 5.20. The van der Waals surface area contributed by atoms with Crippen LogP contribution < -0.4 is 15.5 Å². The van der Waals surface area contributed by atoms with Crippen molar-refractivity contribution < 1.29 is 4.52 Å². The molecular weight excluding hydrogens is 453 g/mol. The summed E-state index contributed by atoms with van der Waals surface area (Å²) < 4.78 is 5.20. The summed E-state index contributed by atoms with van der Waals surface area (Å²) in [7, 11) is 1.80. The molecule has 7 heteroatoms. The van der Waals surface area contributed by atoms with Crippen LogP contribution in [0.3, 0.4) is 0 Å². The first-order chi connectivity index (χ1) is 12.7. The van der Waals surface area contributed by atoms with Crippen LogP contribution in [0, 0.1) is 13.8 Å². The maximum Gasteiger partial charge on any atom is 0.190 e. The number of aryl methyl sites for hydroxylation is 2. The lowest BCUT2D eigenvalue weighted by Gasteiger charge is -2.23. The van der Waals surface area contributed by atoms with E-state index in [0.717, 1.165) is 56.4 Å². The Balaban J connectivity index is 0.00000364. The molecule has 2 aromatic rings. The Hall–Kier alpha value is -1.77. The van der Waals surface area contributed by atoms with Crippen molar-refractivity contribution in [3.8, 4) is 0 Å². The van der Waals surface area contributed by atoms with Crippen molar-refractivity contribution in [2.75, 3.05) is 38.1 Å². The molecule has 0 atom stereocenters. The van der Waals surface area contributed by atoms with Gasteiger partial charge in [0.15, 0.2) is 5.96 Å². The number of benzene rings is 1. The van der Waals surface area contributed by atoms with Crippen molar-refractivity contribution in [2.45, 2.75) is 33.6 Å². The van der Waals surface area contributed by atoms with Gasteiger partial charge in [0.25, 0.3) is 0 Å². The Kier molecular flexibility index (Phi) is 10.8. The van der Waals surface area contributed by atoms with Gasteiger partial charge in [-0.2, -0.15) is 0 Å². The molecule has 27 heavy (non-hydrogen) atoms. The highest BCUT2D eigenvalue weighted by Gasteiger charge is 2.08. The maximum atomic E-state index is 5.20. The summed E-state index contributed by atoms with van der Waals surface area (Å²) in [6.07, 6.45) is 1.92. The molecule has 0 radical (unpaired) electrons. The van der Waals surface area contributed by atoms with Crippen LogP contribution >= 0.6 is 24.0 Å². The van der Waals surface area contributed by atoms with Crippen LogP contribution in [-0.4, -0.2) is 44.3 Å². The van der Waals surface area contributed by atoms with E-state index >= 15 is 0 Å². The molecule has 0 unspecified atom stereocenters. The third-order valence-electron chi connectivity index (χ3n) is 4.47. The number of para-hydroxylation sites is 1. The standard InChI is InChI=1S/C20H31N5O.HI/c1-5-25(18-10-7-6-8-11-18)15-9-13-22-20(21-4)23-14-12-19-16(2)24-26-17(19)3;/h6-8,10-11H,5,9,12-15H2,1-4H3,(H2,21,22,23);1H. The monoisotopic (exact) mass is 485 g/mol. The molecule has 0 aliphatic carbocycles. The Labute approximate surface area is 179 Å².